The fourth-order valence-electron chi connectivity index (χ4n) is 2.36. The van der Waals surface area contributed by atoms with Crippen LogP contribution in [0.1, 0.15) is 30.6 Å². The lowest BCUT2D eigenvalue weighted by atomic mass is 10.1. The number of nitrogens with zero attached hydrogens (tertiary/aromatic N) is 1. The summed E-state index contributed by atoms with van der Waals surface area (Å²) in [6, 6.07) is 3.36. The number of hydrogen-bond acceptors (Lipinski definition) is 4. The second kappa shape index (κ2) is 7.40. The molecule has 3 N–H and O–H groups in total. The highest BCUT2D eigenvalue weighted by Gasteiger charge is 2.23. The van der Waals surface area contributed by atoms with Crippen LogP contribution in [0.4, 0.5) is 0 Å². The minimum Gasteiger partial charge on any atom is -0.368 e. The topological polar surface area (TPSA) is 75.4 Å². The van der Waals surface area contributed by atoms with Gasteiger partial charge in [-0.15, -0.1) is 11.3 Å². The molecule has 0 aromatic carbocycles. The van der Waals surface area contributed by atoms with E-state index in [9.17, 15) is 9.59 Å². The normalized spacial score (nSPS) is 16.9. The Balaban J connectivity index is 1.84. The van der Waals surface area contributed by atoms with Crippen molar-refractivity contribution >= 4 is 23.2 Å². The minimum absolute atomic E-state index is 0.0205. The summed E-state index contributed by atoms with van der Waals surface area (Å²) in [5.74, 6) is -0.445. The second-order valence-corrected chi connectivity index (χ2v) is 6.09. The van der Waals surface area contributed by atoms with E-state index >= 15 is 0 Å². The van der Waals surface area contributed by atoms with E-state index in [0.29, 0.717) is 6.54 Å². The molecule has 0 aliphatic carbocycles. The Labute approximate surface area is 123 Å². The fourth-order valence-corrected chi connectivity index (χ4v) is 3.01. The van der Waals surface area contributed by atoms with E-state index in [1.807, 2.05) is 22.4 Å². The van der Waals surface area contributed by atoms with Crippen LogP contribution in [0.25, 0.3) is 0 Å². The van der Waals surface area contributed by atoms with Gasteiger partial charge in [0, 0.05) is 24.5 Å². The van der Waals surface area contributed by atoms with Crippen LogP contribution in [0.5, 0.6) is 0 Å². The predicted molar refractivity (Wildman–Crippen MR) is 79.2 cm³/mol. The van der Waals surface area contributed by atoms with Crippen LogP contribution in [-0.4, -0.2) is 35.8 Å². The van der Waals surface area contributed by atoms with Crippen molar-refractivity contribution in [2.45, 2.75) is 38.3 Å². The maximum atomic E-state index is 12.2. The van der Waals surface area contributed by atoms with Crippen LogP contribution in [0.2, 0.25) is 0 Å². The number of nitrogens with one attached hydrogen (secondary N) is 1. The fraction of sp³-hybridized carbons (Fsp3) is 0.571. The van der Waals surface area contributed by atoms with Crippen molar-refractivity contribution in [1.29, 1.82) is 0 Å². The maximum Gasteiger partial charge on any atom is 0.235 e. The average molecular weight is 295 g/mol. The van der Waals surface area contributed by atoms with Gasteiger partial charge < -0.3 is 16.0 Å². The quantitative estimate of drug-likeness (QED) is 0.825. The van der Waals surface area contributed by atoms with Gasteiger partial charge in [0.1, 0.15) is 0 Å². The molecule has 1 aliphatic rings. The van der Waals surface area contributed by atoms with Gasteiger partial charge in [-0.05, 0) is 30.7 Å². The average Bonchev–Trinajstić information content (AvgIpc) is 2.97. The zero-order valence-corrected chi connectivity index (χ0v) is 12.3. The molecule has 1 fully saturated rings. The Morgan fingerprint density at radius 1 is 1.35 bits per heavy atom. The number of piperidine rings is 1. The Bertz CT molecular complexity index is 441. The van der Waals surface area contributed by atoms with Crippen molar-refractivity contribution < 1.29 is 9.59 Å². The van der Waals surface area contributed by atoms with Crippen LogP contribution in [0.3, 0.4) is 0 Å². The Kier molecular flexibility index (Phi) is 5.55. The first-order valence-corrected chi connectivity index (χ1v) is 7.87. The van der Waals surface area contributed by atoms with Gasteiger partial charge in [0.25, 0.3) is 0 Å². The number of carbonyl (C=O) groups is 2. The van der Waals surface area contributed by atoms with Gasteiger partial charge in [-0.1, -0.05) is 6.07 Å². The molecule has 2 rings (SSSR count). The van der Waals surface area contributed by atoms with Crippen molar-refractivity contribution in [3.05, 3.63) is 22.4 Å². The number of rotatable bonds is 6. The molecule has 0 saturated carbocycles. The number of likely N-dealkylation sites (tertiary alicyclic amines) is 1. The molecular formula is C14H21N3O2S. The summed E-state index contributed by atoms with van der Waals surface area (Å²) in [6.07, 6.45) is 3.44. The van der Waals surface area contributed by atoms with Crippen LogP contribution in [0.15, 0.2) is 17.5 Å². The van der Waals surface area contributed by atoms with Crippen molar-refractivity contribution in [2.75, 3.05) is 13.1 Å². The second-order valence-electron chi connectivity index (χ2n) is 5.06. The number of thiophene rings is 1. The van der Waals surface area contributed by atoms with E-state index in [2.05, 4.69) is 5.32 Å². The summed E-state index contributed by atoms with van der Waals surface area (Å²) in [6.45, 7) is 2.17. The molecule has 20 heavy (non-hydrogen) atoms. The maximum absolute atomic E-state index is 12.2. The summed E-state index contributed by atoms with van der Waals surface area (Å²) in [7, 11) is 0. The number of hydrogen-bond donors (Lipinski definition) is 2. The first-order chi connectivity index (χ1) is 9.66. The molecule has 2 heterocycles. The van der Waals surface area contributed by atoms with Crippen LogP contribution in [-0.2, 0) is 16.1 Å². The standard InChI is InChI=1S/C14H21N3O2S/c15-14(19)12(16-10-11-5-4-8-20-11)9-13(18)17-6-2-1-3-7-17/h4-5,8,12,16H,1-3,6-7,9-10H2,(H2,15,19). The predicted octanol–water partition coefficient (Wildman–Crippen LogP) is 1.09. The van der Waals surface area contributed by atoms with E-state index < -0.39 is 11.9 Å². The van der Waals surface area contributed by atoms with Gasteiger partial charge in [0.05, 0.1) is 12.5 Å². The largest absolute Gasteiger partial charge is 0.368 e. The van der Waals surface area contributed by atoms with Gasteiger partial charge in [-0.3, -0.25) is 9.59 Å². The molecule has 1 aromatic heterocycles. The third-order valence-corrected chi connectivity index (χ3v) is 4.41. The third kappa shape index (κ3) is 4.31. The van der Waals surface area contributed by atoms with E-state index in [1.54, 1.807) is 11.3 Å². The third-order valence-electron chi connectivity index (χ3n) is 3.53. The molecule has 1 unspecified atom stereocenters. The molecule has 0 radical (unpaired) electrons. The molecular weight excluding hydrogens is 274 g/mol. The van der Waals surface area contributed by atoms with Crippen LogP contribution < -0.4 is 11.1 Å². The van der Waals surface area contributed by atoms with Crippen molar-refractivity contribution in [1.82, 2.24) is 10.2 Å². The number of carbonyl (C=O) groups excluding carboxylic acids is 2. The molecule has 2 amide bonds. The van der Waals surface area contributed by atoms with E-state index in [1.165, 1.54) is 6.42 Å². The van der Waals surface area contributed by atoms with E-state index in [0.717, 1.165) is 30.8 Å². The highest BCUT2D eigenvalue weighted by atomic mass is 32.1. The zero-order valence-electron chi connectivity index (χ0n) is 11.5. The Morgan fingerprint density at radius 3 is 2.70 bits per heavy atom. The number of amides is 2. The summed E-state index contributed by atoms with van der Waals surface area (Å²) in [5, 5.41) is 5.06. The lowest BCUT2D eigenvalue weighted by molar-refractivity contribution is -0.135. The smallest absolute Gasteiger partial charge is 0.235 e. The van der Waals surface area contributed by atoms with Gasteiger partial charge in [-0.25, -0.2) is 0 Å². The SMILES string of the molecule is NC(=O)C(CC(=O)N1CCCCC1)NCc1cccs1. The molecule has 0 spiro atoms. The van der Waals surface area contributed by atoms with Gasteiger partial charge in [-0.2, -0.15) is 0 Å². The first kappa shape index (κ1) is 15.0. The molecule has 1 atom stereocenters. The van der Waals surface area contributed by atoms with Crippen molar-refractivity contribution in [2.24, 2.45) is 5.73 Å². The molecule has 5 nitrogen and oxygen atoms in total. The van der Waals surface area contributed by atoms with Crippen LogP contribution in [0, 0.1) is 0 Å². The van der Waals surface area contributed by atoms with Gasteiger partial charge in [0.15, 0.2) is 0 Å². The molecule has 6 heteroatoms. The lowest BCUT2D eigenvalue weighted by Crippen LogP contribution is -2.46. The highest BCUT2D eigenvalue weighted by Crippen LogP contribution is 2.12. The van der Waals surface area contributed by atoms with Crippen LogP contribution >= 0.6 is 11.3 Å². The number of nitrogens with two attached hydrogens (primary N) is 1. The Morgan fingerprint density at radius 2 is 2.10 bits per heavy atom. The summed E-state index contributed by atoms with van der Waals surface area (Å²) in [5.41, 5.74) is 5.39. The zero-order chi connectivity index (χ0) is 14.4. The Hall–Kier alpha value is -1.40. The molecule has 110 valence electrons. The molecule has 0 bridgehead atoms. The minimum atomic E-state index is -0.591. The summed E-state index contributed by atoms with van der Waals surface area (Å²) < 4.78 is 0. The van der Waals surface area contributed by atoms with Crippen molar-refractivity contribution in [3.8, 4) is 0 Å². The molecule has 1 aromatic rings. The summed E-state index contributed by atoms with van der Waals surface area (Å²) >= 11 is 1.61. The van der Waals surface area contributed by atoms with Gasteiger partial charge in [0.2, 0.25) is 11.8 Å². The monoisotopic (exact) mass is 295 g/mol. The van der Waals surface area contributed by atoms with Gasteiger partial charge >= 0.3 is 0 Å². The highest BCUT2D eigenvalue weighted by molar-refractivity contribution is 7.09. The molecule has 1 saturated heterocycles. The lowest BCUT2D eigenvalue weighted by Gasteiger charge is -2.28. The van der Waals surface area contributed by atoms with Crippen molar-refractivity contribution in [3.63, 3.8) is 0 Å². The number of primary amides is 1. The van der Waals surface area contributed by atoms with E-state index in [4.69, 9.17) is 5.73 Å². The summed E-state index contributed by atoms with van der Waals surface area (Å²) in [4.78, 5) is 26.6. The molecule has 1 aliphatic heterocycles. The first-order valence-electron chi connectivity index (χ1n) is 6.99. The van der Waals surface area contributed by atoms with E-state index in [-0.39, 0.29) is 12.3 Å².